The van der Waals surface area contributed by atoms with Gasteiger partial charge < -0.3 is 5.73 Å². The van der Waals surface area contributed by atoms with Gasteiger partial charge >= 0.3 is 0 Å². The van der Waals surface area contributed by atoms with Crippen LogP contribution in [0, 0.1) is 11.8 Å². The molecule has 2 N–H and O–H groups in total. The average molecular weight is 279 g/mol. The SMILES string of the molecule is CC1CCCC(CN)(N2CC3CCCN3CC2C)C1C. The van der Waals surface area contributed by atoms with Crippen molar-refractivity contribution in [2.75, 3.05) is 26.2 Å². The molecule has 3 nitrogen and oxygen atoms in total. The number of rotatable bonds is 2. The van der Waals surface area contributed by atoms with Gasteiger partial charge in [-0.15, -0.1) is 0 Å². The number of hydrogen-bond donors (Lipinski definition) is 1. The van der Waals surface area contributed by atoms with Gasteiger partial charge in [-0.2, -0.15) is 0 Å². The van der Waals surface area contributed by atoms with Crippen molar-refractivity contribution >= 4 is 0 Å². The standard InChI is InChI=1S/C17H33N3/c1-13-6-4-8-17(12-18,15(13)3)20-11-16-7-5-9-19(16)10-14(20)2/h13-16H,4-12,18H2,1-3H3. The number of hydrogen-bond acceptors (Lipinski definition) is 3. The zero-order valence-electron chi connectivity index (χ0n) is 13.6. The van der Waals surface area contributed by atoms with Crippen LogP contribution in [-0.4, -0.2) is 53.6 Å². The third-order valence-corrected chi connectivity index (χ3v) is 6.83. The maximum absolute atomic E-state index is 6.37. The van der Waals surface area contributed by atoms with Crippen molar-refractivity contribution in [1.29, 1.82) is 0 Å². The summed E-state index contributed by atoms with van der Waals surface area (Å²) >= 11 is 0. The Morgan fingerprint density at radius 3 is 2.65 bits per heavy atom. The number of nitrogens with two attached hydrogens (primary N) is 1. The molecule has 3 rings (SSSR count). The van der Waals surface area contributed by atoms with E-state index in [1.54, 1.807) is 0 Å². The van der Waals surface area contributed by atoms with Crippen molar-refractivity contribution in [3.8, 4) is 0 Å². The zero-order valence-corrected chi connectivity index (χ0v) is 13.6. The first-order chi connectivity index (χ1) is 9.58. The van der Waals surface area contributed by atoms with Gasteiger partial charge in [0.15, 0.2) is 0 Å². The predicted molar refractivity (Wildman–Crippen MR) is 84.7 cm³/mol. The third kappa shape index (κ3) is 2.22. The molecule has 2 heterocycles. The maximum atomic E-state index is 6.37. The summed E-state index contributed by atoms with van der Waals surface area (Å²) in [6, 6.07) is 1.47. The van der Waals surface area contributed by atoms with Crippen LogP contribution in [0.5, 0.6) is 0 Å². The second-order valence-electron chi connectivity index (χ2n) is 7.76. The Kier molecular flexibility index (Phi) is 4.13. The van der Waals surface area contributed by atoms with Gasteiger partial charge in [-0.1, -0.05) is 26.7 Å². The average Bonchev–Trinajstić information content (AvgIpc) is 2.88. The fourth-order valence-electron chi connectivity index (χ4n) is 5.36. The first-order valence-corrected chi connectivity index (χ1v) is 8.79. The lowest BCUT2D eigenvalue weighted by molar-refractivity contribution is -0.0751. The van der Waals surface area contributed by atoms with Crippen molar-refractivity contribution in [3.63, 3.8) is 0 Å². The van der Waals surface area contributed by atoms with Gasteiger partial charge in [0, 0.05) is 37.3 Å². The molecule has 1 aliphatic carbocycles. The first kappa shape index (κ1) is 14.8. The van der Waals surface area contributed by atoms with E-state index in [1.165, 1.54) is 51.7 Å². The molecule has 5 unspecified atom stereocenters. The predicted octanol–water partition coefficient (Wildman–Crippen LogP) is 2.31. The fraction of sp³-hybridized carbons (Fsp3) is 1.00. The molecule has 2 aliphatic heterocycles. The summed E-state index contributed by atoms with van der Waals surface area (Å²) in [5, 5.41) is 0. The molecule has 1 saturated carbocycles. The summed E-state index contributed by atoms with van der Waals surface area (Å²) in [6.07, 6.45) is 6.85. The zero-order chi connectivity index (χ0) is 14.3. The van der Waals surface area contributed by atoms with Crippen LogP contribution in [0.2, 0.25) is 0 Å². The van der Waals surface area contributed by atoms with Crippen LogP contribution in [0.1, 0.15) is 52.9 Å². The van der Waals surface area contributed by atoms with Crippen LogP contribution in [0.15, 0.2) is 0 Å². The molecule has 0 radical (unpaired) electrons. The number of nitrogens with zero attached hydrogens (tertiary/aromatic N) is 2. The molecular formula is C17H33N3. The second kappa shape index (κ2) is 5.58. The highest BCUT2D eigenvalue weighted by Gasteiger charge is 2.49. The molecule has 116 valence electrons. The van der Waals surface area contributed by atoms with E-state index in [2.05, 4.69) is 30.6 Å². The van der Waals surface area contributed by atoms with Crippen LogP contribution in [0.4, 0.5) is 0 Å². The highest BCUT2D eigenvalue weighted by molar-refractivity contribution is 5.05. The van der Waals surface area contributed by atoms with E-state index in [1.807, 2.05) is 0 Å². The van der Waals surface area contributed by atoms with E-state index in [4.69, 9.17) is 5.73 Å². The molecule has 0 spiro atoms. The van der Waals surface area contributed by atoms with Crippen LogP contribution < -0.4 is 5.73 Å². The van der Waals surface area contributed by atoms with E-state index < -0.39 is 0 Å². The molecule has 5 atom stereocenters. The van der Waals surface area contributed by atoms with Gasteiger partial charge in [-0.25, -0.2) is 0 Å². The van der Waals surface area contributed by atoms with E-state index >= 15 is 0 Å². The fourth-order valence-corrected chi connectivity index (χ4v) is 5.36. The van der Waals surface area contributed by atoms with Crippen molar-refractivity contribution in [2.45, 2.75) is 70.5 Å². The van der Waals surface area contributed by atoms with Crippen LogP contribution in [0.25, 0.3) is 0 Å². The smallest absolute Gasteiger partial charge is 0.0363 e. The molecule has 0 aromatic rings. The molecule has 0 bridgehead atoms. The van der Waals surface area contributed by atoms with Gasteiger partial charge in [-0.05, 0) is 44.6 Å². The topological polar surface area (TPSA) is 32.5 Å². The van der Waals surface area contributed by atoms with Gasteiger partial charge in [0.25, 0.3) is 0 Å². The lowest BCUT2D eigenvalue weighted by atomic mass is 9.66. The van der Waals surface area contributed by atoms with Crippen molar-refractivity contribution in [1.82, 2.24) is 9.80 Å². The summed E-state index contributed by atoms with van der Waals surface area (Å²) in [5.74, 6) is 1.55. The molecule has 0 amide bonds. The van der Waals surface area contributed by atoms with Gasteiger partial charge in [0.1, 0.15) is 0 Å². The lowest BCUT2D eigenvalue weighted by Gasteiger charge is -2.57. The Balaban J connectivity index is 1.84. The van der Waals surface area contributed by atoms with Gasteiger partial charge in [-0.3, -0.25) is 9.80 Å². The molecular weight excluding hydrogens is 246 g/mol. The molecule has 20 heavy (non-hydrogen) atoms. The minimum Gasteiger partial charge on any atom is -0.329 e. The Labute approximate surface area is 124 Å². The van der Waals surface area contributed by atoms with E-state index in [-0.39, 0.29) is 5.54 Å². The quantitative estimate of drug-likeness (QED) is 0.842. The third-order valence-electron chi connectivity index (χ3n) is 6.83. The minimum atomic E-state index is 0.270. The monoisotopic (exact) mass is 279 g/mol. The number of piperazine rings is 1. The van der Waals surface area contributed by atoms with Crippen LogP contribution in [-0.2, 0) is 0 Å². The second-order valence-corrected chi connectivity index (χ2v) is 7.76. The maximum Gasteiger partial charge on any atom is 0.0363 e. The van der Waals surface area contributed by atoms with Crippen LogP contribution in [0.3, 0.4) is 0 Å². The van der Waals surface area contributed by atoms with E-state index in [0.717, 1.165) is 24.4 Å². The summed E-state index contributed by atoms with van der Waals surface area (Å²) in [6.45, 7) is 12.0. The summed E-state index contributed by atoms with van der Waals surface area (Å²) < 4.78 is 0. The largest absolute Gasteiger partial charge is 0.329 e. The molecule has 2 saturated heterocycles. The molecule has 3 fully saturated rings. The van der Waals surface area contributed by atoms with Crippen molar-refractivity contribution in [2.24, 2.45) is 17.6 Å². The molecule has 0 aromatic carbocycles. The molecule has 3 aliphatic rings. The van der Waals surface area contributed by atoms with Gasteiger partial charge in [0.2, 0.25) is 0 Å². The lowest BCUT2D eigenvalue weighted by Crippen LogP contribution is -2.69. The normalized spacial score (nSPS) is 47.4. The first-order valence-electron chi connectivity index (χ1n) is 8.79. The van der Waals surface area contributed by atoms with Gasteiger partial charge in [0.05, 0.1) is 0 Å². The highest BCUT2D eigenvalue weighted by Crippen LogP contribution is 2.43. The van der Waals surface area contributed by atoms with E-state index in [9.17, 15) is 0 Å². The van der Waals surface area contributed by atoms with Crippen molar-refractivity contribution < 1.29 is 0 Å². The summed E-state index contributed by atoms with van der Waals surface area (Å²) in [5.41, 5.74) is 6.64. The summed E-state index contributed by atoms with van der Waals surface area (Å²) in [7, 11) is 0. The Bertz CT molecular complexity index is 345. The highest BCUT2D eigenvalue weighted by atomic mass is 15.3. The van der Waals surface area contributed by atoms with E-state index in [0.29, 0.717) is 6.04 Å². The summed E-state index contributed by atoms with van der Waals surface area (Å²) in [4.78, 5) is 5.56. The van der Waals surface area contributed by atoms with Crippen molar-refractivity contribution in [3.05, 3.63) is 0 Å². The Morgan fingerprint density at radius 2 is 1.90 bits per heavy atom. The van der Waals surface area contributed by atoms with Crippen LogP contribution >= 0.6 is 0 Å². The molecule has 3 heteroatoms. The molecule has 0 aromatic heterocycles. The Hall–Kier alpha value is -0.120. The number of fused-ring (bicyclic) bond motifs is 1. The Morgan fingerprint density at radius 1 is 1.10 bits per heavy atom. The minimum absolute atomic E-state index is 0.270.